The number of rotatable bonds is 2. The van der Waals surface area contributed by atoms with Crippen LogP contribution in [0.3, 0.4) is 0 Å². The fourth-order valence-electron chi connectivity index (χ4n) is 1.57. The van der Waals surface area contributed by atoms with E-state index in [0.717, 1.165) is 6.07 Å². The van der Waals surface area contributed by atoms with Crippen molar-refractivity contribution in [3.63, 3.8) is 0 Å². The highest BCUT2D eigenvalue weighted by molar-refractivity contribution is 5.68. The quantitative estimate of drug-likeness (QED) is 0.539. The van der Waals surface area contributed by atoms with Crippen molar-refractivity contribution in [1.82, 2.24) is 5.32 Å². The molecule has 1 aromatic carbocycles. The number of nitro benzene ring substituents is 2. The zero-order valence-electron chi connectivity index (χ0n) is 7.54. The second-order valence-electron chi connectivity index (χ2n) is 3.12. The number of non-ortho nitro benzene ring substituents is 1. The van der Waals surface area contributed by atoms with Crippen LogP contribution in [0.15, 0.2) is 12.1 Å². The summed E-state index contributed by atoms with van der Waals surface area (Å²) in [6.45, 7) is 0.456. The highest BCUT2D eigenvalue weighted by atomic mass is 16.6. The molecule has 0 spiro atoms. The second kappa shape index (κ2) is 3.19. The Kier molecular flexibility index (Phi) is 2.00. The predicted octanol–water partition coefficient (Wildman–Crippen LogP) is 1.30. The third-order valence-corrected chi connectivity index (χ3v) is 2.21. The fourth-order valence-corrected chi connectivity index (χ4v) is 1.57. The van der Waals surface area contributed by atoms with E-state index in [2.05, 4.69) is 5.32 Å². The lowest BCUT2D eigenvalue weighted by Gasteiger charge is -1.99. The van der Waals surface area contributed by atoms with Gasteiger partial charge in [0.2, 0.25) is 0 Å². The Morgan fingerprint density at radius 2 is 1.93 bits per heavy atom. The molecule has 0 N–H and O–H groups in total. The molecular formula is C8H6N3O4. The summed E-state index contributed by atoms with van der Waals surface area (Å²) in [6, 6.07) is 2.30. The summed E-state index contributed by atoms with van der Waals surface area (Å²) < 4.78 is 0. The lowest BCUT2D eigenvalue weighted by atomic mass is 10.1. The Labute approximate surface area is 84.0 Å². The minimum atomic E-state index is -0.638. The van der Waals surface area contributed by atoms with Crippen LogP contribution < -0.4 is 5.32 Å². The van der Waals surface area contributed by atoms with E-state index in [4.69, 9.17) is 0 Å². The highest BCUT2D eigenvalue weighted by Gasteiger charge is 2.27. The van der Waals surface area contributed by atoms with Crippen LogP contribution >= 0.6 is 0 Å². The van der Waals surface area contributed by atoms with Gasteiger partial charge in [-0.15, -0.1) is 0 Å². The summed E-state index contributed by atoms with van der Waals surface area (Å²) in [6.07, 6.45) is 0.526. The van der Waals surface area contributed by atoms with E-state index in [1.54, 1.807) is 0 Å². The van der Waals surface area contributed by atoms with Crippen LogP contribution in [0.5, 0.6) is 0 Å². The van der Waals surface area contributed by atoms with Crippen molar-refractivity contribution in [2.45, 2.75) is 6.42 Å². The van der Waals surface area contributed by atoms with Gasteiger partial charge in [-0.05, 0) is 12.0 Å². The number of hydrogen-bond acceptors (Lipinski definition) is 4. The third-order valence-electron chi connectivity index (χ3n) is 2.21. The van der Waals surface area contributed by atoms with Gasteiger partial charge in [0.1, 0.15) is 5.69 Å². The molecule has 1 aliphatic rings. The third kappa shape index (κ3) is 1.47. The fraction of sp³-hybridized carbons (Fsp3) is 0.250. The van der Waals surface area contributed by atoms with E-state index >= 15 is 0 Å². The number of nitrogens with zero attached hydrogens (tertiary/aromatic N) is 3. The predicted molar refractivity (Wildman–Crippen MR) is 50.1 cm³/mol. The van der Waals surface area contributed by atoms with Crippen LogP contribution in [0.2, 0.25) is 0 Å². The van der Waals surface area contributed by atoms with Gasteiger partial charge >= 0.3 is 5.69 Å². The zero-order valence-corrected chi connectivity index (χ0v) is 7.54. The molecule has 0 atom stereocenters. The maximum absolute atomic E-state index is 10.7. The Hall–Kier alpha value is -2.18. The molecule has 1 aromatic rings. The molecule has 0 saturated heterocycles. The molecule has 0 unspecified atom stereocenters. The molecular weight excluding hydrogens is 202 g/mol. The number of benzene rings is 1. The van der Waals surface area contributed by atoms with Gasteiger partial charge in [-0.1, -0.05) is 0 Å². The molecule has 1 heterocycles. The molecule has 0 aliphatic carbocycles. The maximum Gasteiger partial charge on any atom is 0.301 e. The van der Waals surface area contributed by atoms with Crippen molar-refractivity contribution in [3.8, 4) is 0 Å². The second-order valence-corrected chi connectivity index (χ2v) is 3.12. The molecule has 15 heavy (non-hydrogen) atoms. The van der Waals surface area contributed by atoms with Crippen LogP contribution in [-0.2, 0) is 6.42 Å². The van der Waals surface area contributed by atoms with Gasteiger partial charge in [-0.3, -0.25) is 25.5 Å². The first-order valence-corrected chi connectivity index (χ1v) is 4.23. The normalized spacial score (nSPS) is 13.1. The summed E-state index contributed by atoms with van der Waals surface area (Å²) in [7, 11) is 0. The van der Waals surface area contributed by atoms with Crippen LogP contribution in [0.4, 0.5) is 17.1 Å². The molecule has 0 amide bonds. The average Bonchev–Trinajstić information content (AvgIpc) is 2.62. The molecule has 0 saturated carbocycles. The molecule has 0 bridgehead atoms. The van der Waals surface area contributed by atoms with Crippen LogP contribution in [0.1, 0.15) is 5.56 Å². The minimum absolute atomic E-state index is 0.252. The van der Waals surface area contributed by atoms with Crippen molar-refractivity contribution >= 4 is 17.1 Å². The van der Waals surface area contributed by atoms with E-state index in [0.29, 0.717) is 18.5 Å². The molecule has 1 aliphatic heterocycles. The topological polar surface area (TPSA) is 100 Å². The van der Waals surface area contributed by atoms with Gasteiger partial charge in [0.15, 0.2) is 0 Å². The van der Waals surface area contributed by atoms with E-state index in [-0.39, 0.29) is 17.1 Å². The molecule has 1 radical (unpaired) electrons. The number of nitro groups is 2. The van der Waals surface area contributed by atoms with Gasteiger partial charge in [-0.2, -0.15) is 0 Å². The van der Waals surface area contributed by atoms with Gasteiger partial charge < -0.3 is 0 Å². The lowest BCUT2D eigenvalue weighted by molar-refractivity contribution is -0.393. The smallest absolute Gasteiger partial charge is 0.278 e. The maximum atomic E-state index is 10.7. The van der Waals surface area contributed by atoms with Gasteiger partial charge in [0, 0.05) is 12.6 Å². The first-order valence-electron chi connectivity index (χ1n) is 4.23. The van der Waals surface area contributed by atoms with Crippen LogP contribution in [-0.4, -0.2) is 16.4 Å². The molecule has 7 nitrogen and oxygen atoms in total. The Balaban J connectivity index is 2.62. The largest absolute Gasteiger partial charge is 0.301 e. The van der Waals surface area contributed by atoms with Gasteiger partial charge in [-0.25, -0.2) is 0 Å². The SMILES string of the molecule is O=[N+]([O-])c1cc2c(c([N+](=O)[O-])c1)[N]CC2. The van der Waals surface area contributed by atoms with Crippen molar-refractivity contribution in [1.29, 1.82) is 0 Å². The lowest BCUT2D eigenvalue weighted by Crippen LogP contribution is -1.97. The molecule has 0 fully saturated rings. The van der Waals surface area contributed by atoms with Gasteiger partial charge in [0.05, 0.1) is 15.9 Å². The van der Waals surface area contributed by atoms with Crippen LogP contribution in [0.25, 0.3) is 0 Å². The van der Waals surface area contributed by atoms with E-state index < -0.39 is 9.85 Å². The number of fused-ring (bicyclic) bond motifs is 1. The first-order chi connectivity index (χ1) is 7.09. The molecule has 77 valence electrons. The van der Waals surface area contributed by atoms with Crippen LogP contribution in [0, 0.1) is 20.2 Å². The van der Waals surface area contributed by atoms with Gasteiger partial charge in [0.25, 0.3) is 5.69 Å². The summed E-state index contributed by atoms with van der Waals surface area (Å²) in [5.74, 6) is 0. The first kappa shape index (κ1) is 9.38. The van der Waals surface area contributed by atoms with Crippen molar-refractivity contribution in [2.24, 2.45) is 0 Å². The summed E-state index contributed by atoms with van der Waals surface area (Å²) >= 11 is 0. The Morgan fingerprint density at radius 1 is 1.20 bits per heavy atom. The van der Waals surface area contributed by atoms with E-state index in [1.807, 2.05) is 0 Å². The molecule has 2 rings (SSSR count). The summed E-state index contributed by atoms with van der Waals surface area (Å²) in [4.78, 5) is 19.9. The Morgan fingerprint density at radius 3 is 2.53 bits per heavy atom. The standard InChI is InChI=1S/C8H6N3O4/c12-10(13)6-3-5-1-2-9-8(5)7(4-6)11(14)15/h3-4H,1-2H2. The van der Waals surface area contributed by atoms with Crippen molar-refractivity contribution < 1.29 is 9.85 Å². The minimum Gasteiger partial charge on any atom is -0.278 e. The molecule has 7 heteroatoms. The average molecular weight is 208 g/mol. The molecule has 0 aromatic heterocycles. The van der Waals surface area contributed by atoms with E-state index in [9.17, 15) is 20.2 Å². The highest BCUT2D eigenvalue weighted by Crippen LogP contribution is 2.36. The Bertz CT molecular complexity index is 457. The van der Waals surface area contributed by atoms with Crippen molar-refractivity contribution in [3.05, 3.63) is 37.9 Å². The monoisotopic (exact) mass is 208 g/mol. The van der Waals surface area contributed by atoms with E-state index in [1.165, 1.54) is 6.07 Å². The summed E-state index contributed by atoms with van der Waals surface area (Å²) in [5.41, 5.74) is 0.329. The summed E-state index contributed by atoms with van der Waals surface area (Å²) in [5, 5.41) is 25.1. The number of hydrogen-bond donors (Lipinski definition) is 0. The van der Waals surface area contributed by atoms with Crippen molar-refractivity contribution in [2.75, 3.05) is 6.54 Å². The zero-order chi connectivity index (χ0) is 11.0.